The van der Waals surface area contributed by atoms with Crippen LogP contribution in [0.5, 0.6) is 11.5 Å². The van der Waals surface area contributed by atoms with Crippen molar-refractivity contribution in [3.8, 4) is 11.5 Å². The topological polar surface area (TPSA) is 59.1 Å². The Labute approximate surface area is 160 Å². The molecule has 0 atom stereocenters. The van der Waals surface area contributed by atoms with Crippen LogP contribution in [0.1, 0.15) is 33.1 Å². The zero-order valence-electron chi connectivity index (χ0n) is 15.9. The van der Waals surface area contributed by atoms with Crippen LogP contribution in [0.15, 0.2) is 12.1 Å². The Kier molecular flexibility index (Phi) is 7.14. The minimum atomic E-state index is -0.173. The highest BCUT2D eigenvalue weighted by molar-refractivity contribution is 6.32. The van der Waals surface area contributed by atoms with E-state index < -0.39 is 0 Å². The molecule has 26 heavy (non-hydrogen) atoms. The lowest BCUT2D eigenvalue weighted by Crippen LogP contribution is -2.40. The van der Waals surface area contributed by atoms with E-state index in [2.05, 4.69) is 6.92 Å². The largest absolute Gasteiger partial charge is 0.495 e. The number of hydrogen-bond donors (Lipinski definition) is 0. The first-order chi connectivity index (χ1) is 12.4. The third kappa shape index (κ3) is 4.81. The van der Waals surface area contributed by atoms with Crippen molar-refractivity contribution >= 4 is 29.1 Å². The van der Waals surface area contributed by atoms with Crippen LogP contribution in [0, 0.1) is 5.92 Å². The molecular formula is C19H27ClN2O4. The summed E-state index contributed by atoms with van der Waals surface area (Å²) in [5.74, 6) is 1.48. The molecule has 0 N–H and O–H groups in total. The zero-order chi connectivity index (χ0) is 19.3. The van der Waals surface area contributed by atoms with Crippen LogP contribution in [0.3, 0.4) is 0 Å². The predicted octanol–water partition coefficient (Wildman–Crippen LogP) is 3.36. The third-order valence-electron chi connectivity index (χ3n) is 4.81. The van der Waals surface area contributed by atoms with Crippen molar-refractivity contribution in [1.82, 2.24) is 4.90 Å². The maximum Gasteiger partial charge on any atom is 0.224 e. The molecule has 144 valence electrons. The monoisotopic (exact) mass is 382 g/mol. The fourth-order valence-corrected chi connectivity index (χ4v) is 3.36. The number of likely N-dealkylation sites (tertiary alicyclic amines) is 1. The summed E-state index contributed by atoms with van der Waals surface area (Å²) in [5, 5.41) is 0.398. The highest BCUT2D eigenvalue weighted by atomic mass is 35.5. The minimum Gasteiger partial charge on any atom is -0.495 e. The molecule has 1 aromatic rings. The van der Waals surface area contributed by atoms with Crippen molar-refractivity contribution in [1.29, 1.82) is 0 Å². The van der Waals surface area contributed by atoms with E-state index in [1.807, 2.05) is 4.90 Å². The quantitative estimate of drug-likeness (QED) is 0.757. The number of benzene rings is 1. The molecule has 0 bridgehead atoms. The lowest BCUT2D eigenvalue weighted by molar-refractivity contribution is -0.132. The Morgan fingerprint density at radius 2 is 1.81 bits per heavy atom. The minimum absolute atomic E-state index is 0.0723. The van der Waals surface area contributed by atoms with Gasteiger partial charge in [0.05, 0.1) is 24.9 Å². The number of amides is 2. The number of halogens is 1. The molecule has 1 saturated heterocycles. The normalized spacial score (nSPS) is 14.9. The highest BCUT2D eigenvalue weighted by Crippen LogP contribution is 2.38. The first-order valence-corrected chi connectivity index (χ1v) is 9.22. The lowest BCUT2D eigenvalue weighted by atomic mass is 9.99. The Balaban J connectivity index is 2.14. The standard InChI is InChI=1S/C19H27ClN2O4/c1-13-5-8-21(9-6-13)19(24)7-10-22(14(2)23)16-12-17(25-3)15(20)11-18(16)26-4/h11-13H,5-10H2,1-4H3. The summed E-state index contributed by atoms with van der Waals surface area (Å²) >= 11 is 6.14. The summed E-state index contributed by atoms with van der Waals surface area (Å²) in [7, 11) is 3.02. The molecule has 0 radical (unpaired) electrons. The molecule has 0 saturated carbocycles. The molecule has 0 spiro atoms. The van der Waals surface area contributed by atoms with Crippen LogP contribution in [-0.2, 0) is 9.59 Å². The Morgan fingerprint density at radius 3 is 2.35 bits per heavy atom. The van der Waals surface area contributed by atoms with Crippen molar-refractivity contribution in [3.05, 3.63) is 17.2 Å². The van der Waals surface area contributed by atoms with E-state index in [0.29, 0.717) is 28.1 Å². The second-order valence-corrected chi connectivity index (χ2v) is 7.05. The van der Waals surface area contributed by atoms with E-state index in [-0.39, 0.29) is 24.8 Å². The van der Waals surface area contributed by atoms with Crippen LogP contribution in [0.2, 0.25) is 5.02 Å². The summed E-state index contributed by atoms with van der Waals surface area (Å²) in [6, 6.07) is 3.27. The number of methoxy groups -OCH3 is 2. The number of nitrogens with zero attached hydrogens (tertiary/aromatic N) is 2. The molecule has 1 aliphatic rings. The zero-order valence-corrected chi connectivity index (χ0v) is 16.6. The molecule has 2 amide bonds. The van der Waals surface area contributed by atoms with Gasteiger partial charge in [0.1, 0.15) is 11.5 Å². The van der Waals surface area contributed by atoms with Crippen molar-refractivity contribution in [2.45, 2.75) is 33.1 Å². The number of ether oxygens (including phenoxy) is 2. The number of carbonyl (C=O) groups excluding carboxylic acids is 2. The molecule has 0 aliphatic carbocycles. The molecule has 1 aromatic carbocycles. The summed E-state index contributed by atoms with van der Waals surface area (Å²) < 4.78 is 10.6. The number of piperidine rings is 1. The van der Waals surface area contributed by atoms with Crippen molar-refractivity contribution < 1.29 is 19.1 Å². The molecule has 1 fully saturated rings. The van der Waals surface area contributed by atoms with Crippen LogP contribution in [0.25, 0.3) is 0 Å². The molecule has 1 heterocycles. The van der Waals surface area contributed by atoms with Crippen molar-refractivity contribution in [3.63, 3.8) is 0 Å². The first-order valence-electron chi connectivity index (χ1n) is 8.84. The van der Waals surface area contributed by atoms with Gasteiger partial charge in [0.25, 0.3) is 0 Å². The molecule has 2 rings (SSSR count). The number of rotatable bonds is 6. The van der Waals surface area contributed by atoms with E-state index in [4.69, 9.17) is 21.1 Å². The van der Waals surface area contributed by atoms with Gasteiger partial charge in [0, 0.05) is 45.1 Å². The summed E-state index contributed by atoms with van der Waals surface area (Å²) in [5.41, 5.74) is 0.543. The van der Waals surface area contributed by atoms with Gasteiger partial charge in [-0.1, -0.05) is 18.5 Å². The molecule has 1 aliphatic heterocycles. The van der Waals surface area contributed by atoms with Crippen LogP contribution in [-0.4, -0.2) is 50.6 Å². The second kappa shape index (κ2) is 9.12. The maximum atomic E-state index is 12.5. The molecular weight excluding hydrogens is 356 g/mol. The molecule has 0 unspecified atom stereocenters. The molecule has 0 aromatic heterocycles. The first kappa shape index (κ1) is 20.4. The Morgan fingerprint density at radius 1 is 1.19 bits per heavy atom. The third-order valence-corrected chi connectivity index (χ3v) is 5.11. The summed E-state index contributed by atoms with van der Waals surface area (Å²) in [6.07, 6.45) is 2.33. The highest BCUT2D eigenvalue weighted by Gasteiger charge is 2.23. The van der Waals surface area contributed by atoms with Gasteiger partial charge in [-0.05, 0) is 18.8 Å². The van der Waals surface area contributed by atoms with Gasteiger partial charge in [0.15, 0.2) is 0 Å². The summed E-state index contributed by atoms with van der Waals surface area (Å²) in [6.45, 7) is 5.53. The van der Waals surface area contributed by atoms with Crippen molar-refractivity contribution in [2.75, 3.05) is 38.8 Å². The Bertz CT molecular complexity index is 657. The van der Waals surface area contributed by atoms with Crippen molar-refractivity contribution in [2.24, 2.45) is 5.92 Å². The molecule has 6 nitrogen and oxygen atoms in total. The van der Waals surface area contributed by atoms with Gasteiger partial charge < -0.3 is 19.3 Å². The van der Waals surface area contributed by atoms with E-state index in [1.54, 1.807) is 12.1 Å². The van der Waals surface area contributed by atoms with Gasteiger partial charge in [-0.25, -0.2) is 0 Å². The number of anilines is 1. The van der Waals surface area contributed by atoms with Gasteiger partial charge in [-0.2, -0.15) is 0 Å². The second-order valence-electron chi connectivity index (χ2n) is 6.64. The fraction of sp³-hybridized carbons (Fsp3) is 0.579. The van der Waals surface area contributed by atoms with E-state index in [0.717, 1.165) is 25.9 Å². The van der Waals surface area contributed by atoms with E-state index in [9.17, 15) is 9.59 Å². The van der Waals surface area contributed by atoms with Gasteiger partial charge >= 0.3 is 0 Å². The fourth-order valence-electron chi connectivity index (χ4n) is 3.13. The predicted molar refractivity (Wildman–Crippen MR) is 102 cm³/mol. The van der Waals surface area contributed by atoms with Crippen LogP contribution >= 0.6 is 11.6 Å². The number of carbonyl (C=O) groups is 2. The molecule has 7 heteroatoms. The van der Waals surface area contributed by atoms with Gasteiger partial charge in [0.2, 0.25) is 11.8 Å². The summed E-state index contributed by atoms with van der Waals surface area (Å²) in [4.78, 5) is 28.1. The average molecular weight is 383 g/mol. The Hall–Kier alpha value is -1.95. The maximum absolute atomic E-state index is 12.5. The number of hydrogen-bond acceptors (Lipinski definition) is 4. The van der Waals surface area contributed by atoms with Crippen LogP contribution in [0.4, 0.5) is 5.69 Å². The lowest BCUT2D eigenvalue weighted by Gasteiger charge is -2.31. The van der Waals surface area contributed by atoms with Gasteiger partial charge in [-0.3, -0.25) is 9.59 Å². The van der Waals surface area contributed by atoms with Gasteiger partial charge in [-0.15, -0.1) is 0 Å². The SMILES string of the molecule is COc1cc(N(CCC(=O)N2CCC(C)CC2)C(C)=O)c(OC)cc1Cl. The smallest absolute Gasteiger partial charge is 0.224 e. The average Bonchev–Trinajstić information content (AvgIpc) is 2.62. The van der Waals surface area contributed by atoms with E-state index in [1.165, 1.54) is 26.0 Å². The van der Waals surface area contributed by atoms with Crippen LogP contribution < -0.4 is 14.4 Å². The van der Waals surface area contributed by atoms with E-state index >= 15 is 0 Å².